The highest BCUT2D eigenvalue weighted by atomic mass is 16.2. The Morgan fingerprint density at radius 3 is 2.35 bits per heavy atom. The lowest BCUT2D eigenvalue weighted by atomic mass is 10.1. The molecule has 1 fully saturated rings. The molecule has 0 atom stereocenters. The van der Waals surface area contributed by atoms with Gasteiger partial charge in [-0.1, -0.05) is 36.4 Å². The van der Waals surface area contributed by atoms with Crippen LogP contribution in [0.4, 0.5) is 10.5 Å². The van der Waals surface area contributed by atoms with Crippen LogP contribution in [0.1, 0.15) is 35.2 Å². The molecule has 1 aliphatic rings. The van der Waals surface area contributed by atoms with Crippen LogP contribution in [0.15, 0.2) is 54.6 Å². The minimum Gasteiger partial charge on any atom is -0.339 e. The first-order valence-electron chi connectivity index (χ1n) is 11.2. The highest BCUT2D eigenvalue weighted by molar-refractivity contribution is 5.97. The smallest absolute Gasteiger partial charge is 0.321 e. The maximum Gasteiger partial charge on any atom is 0.321 e. The molecule has 6 heteroatoms. The van der Waals surface area contributed by atoms with Crippen molar-refractivity contribution in [3.63, 3.8) is 0 Å². The molecule has 1 aliphatic heterocycles. The molecule has 0 saturated carbocycles. The molecule has 1 heterocycles. The van der Waals surface area contributed by atoms with E-state index in [2.05, 4.69) is 22.3 Å². The number of carbonyl (C=O) groups is 2. The molecule has 2 aromatic rings. The Hall–Kier alpha value is -2.86. The van der Waals surface area contributed by atoms with Crippen molar-refractivity contribution >= 4 is 17.6 Å². The predicted molar refractivity (Wildman–Crippen MR) is 125 cm³/mol. The van der Waals surface area contributed by atoms with Crippen LogP contribution in [-0.4, -0.2) is 73.5 Å². The van der Waals surface area contributed by atoms with Crippen LogP contribution in [0.2, 0.25) is 0 Å². The molecule has 6 nitrogen and oxygen atoms in total. The maximum atomic E-state index is 13.0. The largest absolute Gasteiger partial charge is 0.339 e. The molecule has 3 rings (SSSR count). The van der Waals surface area contributed by atoms with E-state index in [1.54, 1.807) is 6.07 Å². The molecule has 166 valence electrons. The maximum absolute atomic E-state index is 13.0. The van der Waals surface area contributed by atoms with Gasteiger partial charge in [0, 0.05) is 44.0 Å². The van der Waals surface area contributed by atoms with E-state index in [1.165, 1.54) is 12.0 Å². The van der Waals surface area contributed by atoms with Crippen LogP contribution in [-0.2, 0) is 6.42 Å². The van der Waals surface area contributed by atoms with Crippen molar-refractivity contribution in [3.8, 4) is 0 Å². The zero-order chi connectivity index (χ0) is 22.1. The van der Waals surface area contributed by atoms with Gasteiger partial charge in [-0.15, -0.1) is 0 Å². The van der Waals surface area contributed by atoms with E-state index in [1.807, 2.05) is 60.3 Å². The fourth-order valence-corrected chi connectivity index (χ4v) is 3.76. The second-order valence-corrected chi connectivity index (χ2v) is 8.39. The van der Waals surface area contributed by atoms with Gasteiger partial charge >= 0.3 is 6.03 Å². The van der Waals surface area contributed by atoms with E-state index in [0.717, 1.165) is 38.9 Å². The lowest BCUT2D eigenvalue weighted by Gasteiger charge is -2.27. The third-order valence-corrected chi connectivity index (χ3v) is 5.62. The van der Waals surface area contributed by atoms with Crippen molar-refractivity contribution in [1.82, 2.24) is 14.7 Å². The van der Waals surface area contributed by atoms with Gasteiger partial charge in [0.1, 0.15) is 0 Å². The Labute approximate surface area is 185 Å². The number of rotatable bonds is 8. The summed E-state index contributed by atoms with van der Waals surface area (Å²) in [6, 6.07) is 17.3. The molecule has 1 N–H and O–H groups in total. The number of urea groups is 1. The molecule has 1 saturated heterocycles. The molecule has 0 unspecified atom stereocenters. The Morgan fingerprint density at radius 1 is 0.903 bits per heavy atom. The summed E-state index contributed by atoms with van der Waals surface area (Å²) in [4.78, 5) is 31.7. The number of nitrogens with zero attached hydrogens (tertiary/aromatic N) is 3. The van der Waals surface area contributed by atoms with Crippen LogP contribution in [0, 0.1) is 0 Å². The van der Waals surface area contributed by atoms with Gasteiger partial charge in [-0.3, -0.25) is 4.79 Å². The quantitative estimate of drug-likeness (QED) is 0.701. The van der Waals surface area contributed by atoms with Crippen LogP contribution in [0.25, 0.3) is 0 Å². The SMILES string of the molecule is CN(C)CCN(CCc1ccccc1)C(=O)Nc1cccc(C(=O)N2CCCCC2)c1. The van der Waals surface area contributed by atoms with Gasteiger partial charge in [-0.2, -0.15) is 0 Å². The lowest BCUT2D eigenvalue weighted by Crippen LogP contribution is -2.40. The number of likely N-dealkylation sites (N-methyl/N-ethyl adjacent to an activating group) is 1. The minimum atomic E-state index is -0.139. The van der Waals surface area contributed by atoms with E-state index in [4.69, 9.17) is 0 Å². The minimum absolute atomic E-state index is 0.0457. The number of anilines is 1. The molecule has 31 heavy (non-hydrogen) atoms. The van der Waals surface area contributed by atoms with E-state index >= 15 is 0 Å². The average Bonchev–Trinajstić information content (AvgIpc) is 2.79. The van der Waals surface area contributed by atoms with E-state index in [0.29, 0.717) is 24.3 Å². The fourth-order valence-electron chi connectivity index (χ4n) is 3.76. The zero-order valence-corrected chi connectivity index (χ0v) is 18.7. The summed E-state index contributed by atoms with van der Waals surface area (Å²) in [5.41, 5.74) is 2.49. The highest BCUT2D eigenvalue weighted by Crippen LogP contribution is 2.17. The zero-order valence-electron chi connectivity index (χ0n) is 18.7. The Kier molecular flexibility index (Phi) is 8.47. The molecule has 0 bridgehead atoms. The molecule has 2 aromatic carbocycles. The Morgan fingerprint density at radius 2 is 1.65 bits per heavy atom. The average molecular weight is 423 g/mol. The fraction of sp³-hybridized carbons (Fsp3) is 0.440. The van der Waals surface area contributed by atoms with Crippen molar-refractivity contribution in [2.24, 2.45) is 0 Å². The summed E-state index contributed by atoms with van der Waals surface area (Å²) in [7, 11) is 4.01. The van der Waals surface area contributed by atoms with Crippen molar-refractivity contribution in [2.45, 2.75) is 25.7 Å². The summed E-state index contributed by atoms with van der Waals surface area (Å²) in [6.07, 6.45) is 4.11. The molecular formula is C25H34N4O2. The number of hydrogen-bond donors (Lipinski definition) is 1. The number of piperidine rings is 1. The number of amides is 3. The molecule has 0 spiro atoms. The van der Waals surface area contributed by atoms with Gasteiger partial charge in [0.25, 0.3) is 5.91 Å². The van der Waals surface area contributed by atoms with Gasteiger partial charge in [0.05, 0.1) is 0 Å². The molecule has 0 aromatic heterocycles. The highest BCUT2D eigenvalue weighted by Gasteiger charge is 2.19. The van der Waals surface area contributed by atoms with Gasteiger partial charge in [0.15, 0.2) is 0 Å². The normalized spacial score (nSPS) is 13.8. The molecular weight excluding hydrogens is 388 g/mol. The Bertz CT molecular complexity index is 848. The molecule has 0 radical (unpaired) electrons. The second kappa shape index (κ2) is 11.5. The first kappa shape index (κ1) is 22.8. The van der Waals surface area contributed by atoms with Gasteiger partial charge in [0.2, 0.25) is 0 Å². The van der Waals surface area contributed by atoms with Crippen LogP contribution < -0.4 is 5.32 Å². The Balaban J connectivity index is 1.64. The van der Waals surface area contributed by atoms with Crippen molar-refractivity contribution < 1.29 is 9.59 Å². The van der Waals surface area contributed by atoms with Crippen molar-refractivity contribution in [3.05, 3.63) is 65.7 Å². The standard InChI is InChI=1S/C25H34N4O2/c1-27(2)18-19-29(17-14-21-10-5-3-6-11-21)25(31)26-23-13-9-12-22(20-23)24(30)28-15-7-4-8-16-28/h3,5-6,9-13,20H,4,7-8,14-19H2,1-2H3,(H,26,31). The van der Waals surface area contributed by atoms with Gasteiger partial charge < -0.3 is 20.0 Å². The summed E-state index contributed by atoms with van der Waals surface area (Å²) in [5, 5.41) is 3.00. The number of benzene rings is 2. The van der Waals surface area contributed by atoms with Crippen LogP contribution in [0.3, 0.4) is 0 Å². The van der Waals surface area contributed by atoms with Crippen LogP contribution >= 0.6 is 0 Å². The second-order valence-electron chi connectivity index (χ2n) is 8.39. The number of carbonyl (C=O) groups excluding carboxylic acids is 2. The predicted octanol–water partition coefficient (Wildman–Crippen LogP) is 3.95. The lowest BCUT2D eigenvalue weighted by molar-refractivity contribution is 0.0724. The summed E-state index contributed by atoms with van der Waals surface area (Å²) in [5.74, 6) is 0.0457. The number of hydrogen-bond acceptors (Lipinski definition) is 3. The van der Waals surface area contributed by atoms with E-state index in [-0.39, 0.29) is 11.9 Å². The number of likely N-dealkylation sites (tertiary alicyclic amines) is 1. The molecule has 0 aliphatic carbocycles. The van der Waals surface area contributed by atoms with E-state index < -0.39 is 0 Å². The van der Waals surface area contributed by atoms with Crippen molar-refractivity contribution in [1.29, 1.82) is 0 Å². The first-order valence-corrected chi connectivity index (χ1v) is 11.2. The van der Waals surface area contributed by atoms with Gasteiger partial charge in [-0.05, 0) is 63.5 Å². The third kappa shape index (κ3) is 7.10. The third-order valence-electron chi connectivity index (χ3n) is 5.62. The summed E-state index contributed by atoms with van der Waals surface area (Å²) in [6.45, 7) is 3.68. The first-order chi connectivity index (χ1) is 15.0. The van der Waals surface area contributed by atoms with Gasteiger partial charge in [-0.25, -0.2) is 4.79 Å². The monoisotopic (exact) mass is 422 g/mol. The van der Waals surface area contributed by atoms with Crippen molar-refractivity contribution in [2.75, 3.05) is 52.1 Å². The number of nitrogens with one attached hydrogen (secondary N) is 1. The molecule has 3 amide bonds. The van der Waals surface area contributed by atoms with E-state index in [9.17, 15) is 9.59 Å². The summed E-state index contributed by atoms with van der Waals surface area (Å²) >= 11 is 0. The topological polar surface area (TPSA) is 55.9 Å². The summed E-state index contributed by atoms with van der Waals surface area (Å²) < 4.78 is 0. The van der Waals surface area contributed by atoms with Crippen LogP contribution in [0.5, 0.6) is 0 Å².